The van der Waals surface area contributed by atoms with E-state index in [4.69, 9.17) is 4.74 Å². The number of anilines is 2. The van der Waals surface area contributed by atoms with Crippen molar-refractivity contribution < 1.29 is 9.53 Å². The van der Waals surface area contributed by atoms with Gasteiger partial charge in [-0.1, -0.05) is 48.0 Å². The third kappa shape index (κ3) is 3.55. The summed E-state index contributed by atoms with van der Waals surface area (Å²) in [5.41, 5.74) is 10.2. The lowest BCUT2D eigenvalue weighted by atomic mass is 10.1. The maximum absolute atomic E-state index is 13.2. The van der Waals surface area contributed by atoms with Crippen LogP contribution in [-0.4, -0.2) is 13.1 Å². The Bertz CT molecular complexity index is 943. The molecule has 0 radical (unpaired) electrons. The maximum atomic E-state index is 13.2. The van der Waals surface area contributed by atoms with Gasteiger partial charge in [0.25, 0.3) is 0 Å². The first-order chi connectivity index (χ1) is 13.7. The van der Waals surface area contributed by atoms with Gasteiger partial charge in [-0.2, -0.15) is 0 Å². The molecule has 142 valence electrons. The van der Waals surface area contributed by atoms with Gasteiger partial charge in [0, 0.05) is 0 Å². The molecule has 1 aliphatic heterocycles. The lowest BCUT2D eigenvalue weighted by molar-refractivity contribution is 0.231. The number of para-hydroxylation sites is 1. The maximum Gasteiger partial charge on any atom is 0.358 e. The van der Waals surface area contributed by atoms with Gasteiger partial charge in [-0.15, -0.1) is 0 Å². The van der Waals surface area contributed by atoms with Gasteiger partial charge >= 0.3 is 6.03 Å². The van der Waals surface area contributed by atoms with Crippen molar-refractivity contribution in [1.82, 2.24) is 10.9 Å². The number of nitrogens with zero attached hydrogens (tertiary/aromatic N) is 2. The van der Waals surface area contributed by atoms with Gasteiger partial charge in [-0.05, 0) is 48.9 Å². The minimum atomic E-state index is -0.301. The molecule has 1 atom stereocenters. The van der Waals surface area contributed by atoms with E-state index in [0.717, 1.165) is 28.3 Å². The summed E-state index contributed by atoms with van der Waals surface area (Å²) in [7, 11) is 1.64. The monoisotopic (exact) mass is 374 g/mol. The van der Waals surface area contributed by atoms with Gasteiger partial charge in [-0.3, -0.25) is 0 Å². The minimum absolute atomic E-state index is 0.209. The predicted molar refractivity (Wildman–Crippen MR) is 110 cm³/mol. The van der Waals surface area contributed by atoms with Crippen LogP contribution in [0.15, 0.2) is 78.9 Å². The summed E-state index contributed by atoms with van der Waals surface area (Å²) in [5, 5.41) is 3.13. The molecule has 6 heteroatoms. The number of aryl methyl sites for hydroxylation is 1. The molecule has 28 heavy (non-hydrogen) atoms. The van der Waals surface area contributed by atoms with Crippen LogP contribution in [0.1, 0.15) is 17.3 Å². The highest BCUT2D eigenvalue weighted by Gasteiger charge is 2.33. The number of hydrazine groups is 2. The SMILES string of the molecule is COc1ccc(C2NN(c3ccccc3)C(=O)N(c3ccc(C)cc3)N2)cc1. The molecule has 0 aromatic heterocycles. The number of amides is 2. The molecular formula is C22H22N4O2. The Kier molecular flexibility index (Phi) is 4.97. The van der Waals surface area contributed by atoms with Gasteiger partial charge in [-0.25, -0.2) is 25.7 Å². The number of benzene rings is 3. The summed E-state index contributed by atoms with van der Waals surface area (Å²) >= 11 is 0. The zero-order chi connectivity index (χ0) is 19.5. The summed E-state index contributed by atoms with van der Waals surface area (Å²) in [5.74, 6) is 0.783. The summed E-state index contributed by atoms with van der Waals surface area (Å²) in [6.07, 6.45) is -0.301. The van der Waals surface area contributed by atoms with E-state index in [9.17, 15) is 4.79 Å². The smallest absolute Gasteiger partial charge is 0.358 e. The van der Waals surface area contributed by atoms with Crippen LogP contribution < -0.4 is 25.6 Å². The summed E-state index contributed by atoms with van der Waals surface area (Å²) in [4.78, 5) is 13.2. The number of nitrogens with one attached hydrogen (secondary N) is 2. The Morgan fingerprint density at radius 1 is 0.786 bits per heavy atom. The third-order valence-electron chi connectivity index (χ3n) is 4.65. The molecule has 0 aliphatic carbocycles. The molecule has 2 N–H and O–H groups in total. The molecule has 6 nitrogen and oxygen atoms in total. The Hall–Kier alpha value is -3.35. The number of ether oxygens (including phenoxy) is 1. The van der Waals surface area contributed by atoms with Crippen LogP contribution >= 0.6 is 0 Å². The first-order valence-corrected chi connectivity index (χ1v) is 9.08. The molecule has 3 aromatic carbocycles. The van der Waals surface area contributed by atoms with Crippen LogP contribution in [-0.2, 0) is 0 Å². The molecule has 3 aromatic rings. The molecule has 4 rings (SSSR count). The van der Waals surface area contributed by atoms with Crippen molar-refractivity contribution in [3.8, 4) is 5.75 Å². The number of carbonyl (C=O) groups is 1. The first kappa shape index (κ1) is 18.0. The van der Waals surface area contributed by atoms with E-state index in [1.807, 2.05) is 85.8 Å². The zero-order valence-corrected chi connectivity index (χ0v) is 15.8. The molecular weight excluding hydrogens is 352 g/mol. The van der Waals surface area contributed by atoms with Gasteiger partial charge in [0.15, 0.2) is 0 Å². The molecule has 1 saturated heterocycles. The van der Waals surface area contributed by atoms with Crippen molar-refractivity contribution in [2.75, 3.05) is 17.1 Å². The van der Waals surface area contributed by atoms with Crippen LogP contribution in [0.25, 0.3) is 0 Å². The van der Waals surface area contributed by atoms with Crippen molar-refractivity contribution in [3.05, 3.63) is 90.0 Å². The highest BCUT2D eigenvalue weighted by molar-refractivity contribution is 6.03. The molecule has 0 spiro atoms. The minimum Gasteiger partial charge on any atom is -0.497 e. The van der Waals surface area contributed by atoms with Gasteiger partial charge < -0.3 is 4.74 Å². The van der Waals surface area contributed by atoms with Crippen LogP contribution in [0.3, 0.4) is 0 Å². The van der Waals surface area contributed by atoms with Crippen LogP contribution in [0, 0.1) is 6.92 Å². The van der Waals surface area contributed by atoms with Crippen LogP contribution in [0.2, 0.25) is 0 Å². The number of methoxy groups -OCH3 is 1. The average Bonchev–Trinajstić information content (AvgIpc) is 2.75. The van der Waals surface area contributed by atoms with Gasteiger partial charge in [0.2, 0.25) is 0 Å². The summed E-state index contributed by atoms with van der Waals surface area (Å²) in [6.45, 7) is 2.02. The standard InChI is InChI=1S/C22H22N4O2/c1-16-8-12-19(13-9-16)26-22(27)25(18-6-4-3-5-7-18)23-21(24-26)17-10-14-20(28-2)15-11-17/h3-15,21,23-24H,1-2H3. The van der Waals surface area contributed by atoms with E-state index in [1.54, 1.807) is 17.1 Å². The van der Waals surface area contributed by atoms with Crippen LogP contribution in [0.5, 0.6) is 5.75 Å². The van der Waals surface area contributed by atoms with E-state index >= 15 is 0 Å². The Morgan fingerprint density at radius 3 is 1.93 bits per heavy atom. The van der Waals surface area contributed by atoms with E-state index < -0.39 is 0 Å². The number of carbonyl (C=O) groups excluding carboxylic acids is 1. The average molecular weight is 374 g/mol. The van der Waals surface area contributed by atoms with E-state index in [2.05, 4.69) is 10.9 Å². The highest BCUT2D eigenvalue weighted by Crippen LogP contribution is 2.26. The van der Waals surface area contributed by atoms with Crippen molar-refractivity contribution in [1.29, 1.82) is 0 Å². The molecule has 0 bridgehead atoms. The van der Waals surface area contributed by atoms with E-state index in [-0.39, 0.29) is 12.2 Å². The third-order valence-corrected chi connectivity index (χ3v) is 4.65. The normalized spacial score (nSPS) is 16.9. The van der Waals surface area contributed by atoms with E-state index in [1.165, 1.54) is 0 Å². The quantitative estimate of drug-likeness (QED) is 0.720. The zero-order valence-electron chi connectivity index (χ0n) is 15.8. The highest BCUT2D eigenvalue weighted by atomic mass is 16.5. The fourth-order valence-corrected chi connectivity index (χ4v) is 3.08. The largest absolute Gasteiger partial charge is 0.497 e. The topological polar surface area (TPSA) is 56.8 Å². The van der Waals surface area contributed by atoms with Crippen molar-refractivity contribution in [2.45, 2.75) is 13.1 Å². The lowest BCUT2D eigenvalue weighted by Crippen LogP contribution is -2.65. The fourth-order valence-electron chi connectivity index (χ4n) is 3.08. The number of rotatable bonds is 4. The second-order valence-electron chi connectivity index (χ2n) is 6.59. The molecule has 1 fully saturated rings. The van der Waals surface area contributed by atoms with Gasteiger partial charge in [0.1, 0.15) is 11.9 Å². The Morgan fingerprint density at radius 2 is 1.36 bits per heavy atom. The number of hydrogen-bond donors (Lipinski definition) is 2. The van der Waals surface area contributed by atoms with Crippen molar-refractivity contribution in [3.63, 3.8) is 0 Å². The summed E-state index contributed by atoms with van der Waals surface area (Å²) in [6, 6.07) is 24.9. The van der Waals surface area contributed by atoms with Crippen LogP contribution in [0.4, 0.5) is 16.2 Å². The van der Waals surface area contributed by atoms with Crippen molar-refractivity contribution >= 4 is 17.4 Å². The molecule has 1 aliphatic rings. The molecule has 0 saturated carbocycles. The molecule has 1 unspecified atom stereocenters. The summed E-state index contributed by atoms with van der Waals surface area (Å²) < 4.78 is 5.25. The molecule has 2 amide bonds. The lowest BCUT2D eigenvalue weighted by Gasteiger charge is -2.41. The second-order valence-corrected chi connectivity index (χ2v) is 6.59. The van der Waals surface area contributed by atoms with Crippen molar-refractivity contribution in [2.24, 2.45) is 0 Å². The van der Waals surface area contributed by atoms with Gasteiger partial charge in [0.05, 0.1) is 18.5 Å². The Labute approximate surface area is 164 Å². The fraction of sp³-hybridized carbons (Fsp3) is 0.136. The Balaban J connectivity index is 1.71. The number of urea groups is 1. The first-order valence-electron chi connectivity index (χ1n) is 9.08. The number of hydrogen-bond acceptors (Lipinski definition) is 4. The second kappa shape index (κ2) is 7.72. The predicted octanol–water partition coefficient (Wildman–Crippen LogP) is 4.16. The van der Waals surface area contributed by atoms with E-state index in [0.29, 0.717) is 0 Å². The molecule has 1 heterocycles.